The average molecular weight is 233 g/mol. The lowest BCUT2D eigenvalue weighted by Gasteiger charge is -2.12. The molecule has 0 aromatic rings. The highest BCUT2D eigenvalue weighted by molar-refractivity contribution is 5.96. The molecule has 1 radical (unpaired) electrons. The maximum absolute atomic E-state index is 11.7. The smallest absolute Gasteiger partial charge is 0.308 e. The molecule has 1 saturated carbocycles. The Bertz CT molecular complexity index is 366. The summed E-state index contributed by atoms with van der Waals surface area (Å²) in [5.74, 6) is -0.132. The summed E-state index contributed by atoms with van der Waals surface area (Å²) < 4.78 is 0. The van der Waals surface area contributed by atoms with Gasteiger partial charge in [-0.15, -0.1) is 0 Å². The third kappa shape index (κ3) is 3.44. The zero-order valence-electron chi connectivity index (χ0n) is 9.74. The van der Waals surface area contributed by atoms with Crippen LogP contribution in [0, 0.1) is 12.3 Å². The number of rotatable bonds is 2. The maximum atomic E-state index is 11.7. The highest BCUT2D eigenvalue weighted by Gasteiger charge is 2.24. The lowest BCUT2D eigenvalue weighted by molar-refractivity contribution is -0.123. The Hall–Kier alpha value is -1.58. The van der Waals surface area contributed by atoms with E-state index in [9.17, 15) is 9.59 Å². The Balaban J connectivity index is 1.78. The Morgan fingerprint density at radius 1 is 1.24 bits per heavy atom. The molecule has 2 aliphatic rings. The fourth-order valence-electron chi connectivity index (χ4n) is 2.17. The monoisotopic (exact) mass is 233 g/mol. The van der Waals surface area contributed by atoms with E-state index in [0.29, 0.717) is 5.70 Å². The number of amides is 3. The second-order valence-corrected chi connectivity index (χ2v) is 4.42. The van der Waals surface area contributed by atoms with Crippen LogP contribution in [-0.4, -0.2) is 11.9 Å². The van der Waals surface area contributed by atoms with E-state index in [0.717, 1.165) is 32.1 Å². The van der Waals surface area contributed by atoms with Crippen molar-refractivity contribution in [2.24, 2.45) is 5.92 Å². The number of nitrogens with one attached hydrogen (secondary N) is 2. The number of urea groups is 1. The number of hydrogen-bond acceptors (Lipinski definition) is 2. The van der Waals surface area contributed by atoms with Gasteiger partial charge in [0.05, 0.1) is 0 Å². The molecule has 0 heterocycles. The normalized spacial score (nSPS) is 19.9. The molecular weight excluding hydrogens is 216 g/mol. The summed E-state index contributed by atoms with van der Waals surface area (Å²) in [6.07, 6.45) is 12.4. The summed E-state index contributed by atoms with van der Waals surface area (Å²) in [6, 6.07) is -0.437. The summed E-state index contributed by atoms with van der Waals surface area (Å²) >= 11 is 0. The van der Waals surface area contributed by atoms with Crippen molar-refractivity contribution < 1.29 is 9.59 Å². The van der Waals surface area contributed by atoms with Crippen LogP contribution in [0.15, 0.2) is 23.9 Å². The molecule has 0 saturated heterocycles. The van der Waals surface area contributed by atoms with E-state index >= 15 is 0 Å². The SMILES string of the molecule is O=C(NC(=O)C1CCCC1)NC1=C[CH]CC=C1. The van der Waals surface area contributed by atoms with Crippen LogP contribution < -0.4 is 10.6 Å². The first kappa shape index (κ1) is 11.9. The first-order valence-corrected chi connectivity index (χ1v) is 6.07. The number of carbonyl (C=O) groups is 2. The molecule has 3 amide bonds. The molecule has 0 unspecified atom stereocenters. The highest BCUT2D eigenvalue weighted by atomic mass is 16.2. The van der Waals surface area contributed by atoms with Gasteiger partial charge in [0.25, 0.3) is 0 Å². The fraction of sp³-hybridized carbons (Fsp3) is 0.462. The molecule has 0 aliphatic heterocycles. The Labute approximate surface area is 101 Å². The minimum absolute atomic E-state index is 0.0168. The van der Waals surface area contributed by atoms with Crippen LogP contribution >= 0.6 is 0 Å². The first-order chi connectivity index (χ1) is 8.25. The third-order valence-corrected chi connectivity index (χ3v) is 3.09. The van der Waals surface area contributed by atoms with E-state index in [2.05, 4.69) is 10.6 Å². The molecule has 0 aromatic carbocycles. The Morgan fingerprint density at radius 2 is 2.00 bits per heavy atom. The van der Waals surface area contributed by atoms with E-state index in [1.165, 1.54) is 0 Å². The molecule has 91 valence electrons. The van der Waals surface area contributed by atoms with Gasteiger partial charge in [-0.3, -0.25) is 10.1 Å². The van der Waals surface area contributed by atoms with Gasteiger partial charge in [-0.1, -0.05) is 25.0 Å². The number of hydrogen-bond donors (Lipinski definition) is 2. The molecule has 1 fully saturated rings. The molecule has 4 nitrogen and oxygen atoms in total. The van der Waals surface area contributed by atoms with Gasteiger partial charge in [-0.2, -0.15) is 0 Å². The van der Waals surface area contributed by atoms with Gasteiger partial charge in [-0.05, 0) is 31.8 Å². The lowest BCUT2D eigenvalue weighted by atomic mass is 10.1. The molecule has 0 atom stereocenters. The van der Waals surface area contributed by atoms with Gasteiger partial charge < -0.3 is 5.32 Å². The van der Waals surface area contributed by atoms with E-state index in [4.69, 9.17) is 0 Å². The Morgan fingerprint density at radius 3 is 2.65 bits per heavy atom. The van der Waals surface area contributed by atoms with Gasteiger partial charge >= 0.3 is 6.03 Å². The summed E-state index contributed by atoms with van der Waals surface area (Å²) in [4.78, 5) is 23.2. The summed E-state index contributed by atoms with van der Waals surface area (Å²) in [6.45, 7) is 0. The van der Waals surface area contributed by atoms with Crippen molar-refractivity contribution >= 4 is 11.9 Å². The summed E-state index contributed by atoms with van der Waals surface area (Å²) in [5.41, 5.74) is 0.716. The highest BCUT2D eigenvalue weighted by Crippen LogP contribution is 2.24. The third-order valence-electron chi connectivity index (χ3n) is 3.09. The molecule has 0 spiro atoms. The lowest BCUT2D eigenvalue weighted by Crippen LogP contribution is -2.41. The maximum Gasteiger partial charge on any atom is 0.325 e. The molecule has 0 aromatic heterocycles. The summed E-state index contributed by atoms with van der Waals surface area (Å²) in [7, 11) is 0. The standard InChI is InChI=1S/C13H17N2O2/c16-12(10-6-4-5-7-10)15-13(17)14-11-8-2-1-3-9-11/h2-3,8-10H,1,4-7H2,(H2,14,15,16,17). The second kappa shape index (κ2) is 5.66. The van der Waals surface area contributed by atoms with Crippen molar-refractivity contribution in [3.63, 3.8) is 0 Å². The van der Waals surface area contributed by atoms with Crippen LogP contribution in [0.2, 0.25) is 0 Å². The van der Waals surface area contributed by atoms with E-state index in [1.54, 1.807) is 0 Å². The number of imide groups is 1. The van der Waals surface area contributed by atoms with Gasteiger partial charge in [0.1, 0.15) is 0 Å². The predicted molar refractivity (Wildman–Crippen MR) is 64.8 cm³/mol. The second-order valence-electron chi connectivity index (χ2n) is 4.42. The zero-order chi connectivity index (χ0) is 12.1. The number of carbonyl (C=O) groups excluding carboxylic acids is 2. The van der Waals surface area contributed by atoms with Crippen LogP contribution in [0.4, 0.5) is 4.79 Å². The minimum atomic E-state index is -0.437. The van der Waals surface area contributed by atoms with Crippen molar-refractivity contribution in [1.29, 1.82) is 0 Å². The van der Waals surface area contributed by atoms with Gasteiger partial charge in [0.15, 0.2) is 0 Å². The van der Waals surface area contributed by atoms with Crippen molar-refractivity contribution in [2.75, 3.05) is 0 Å². The van der Waals surface area contributed by atoms with Crippen molar-refractivity contribution in [2.45, 2.75) is 32.1 Å². The predicted octanol–water partition coefficient (Wildman–Crippen LogP) is 2.05. The van der Waals surface area contributed by atoms with E-state index in [1.807, 2.05) is 24.6 Å². The minimum Gasteiger partial charge on any atom is -0.308 e. The average Bonchev–Trinajstić information content (AvgIpc) is 2.83. The van der Waals surface area contributed by atoms with Gasteiger partial charge in [-0.25, -0.2) is 4.79 Å². The summed E-state index contributed by atoms with van der Waals surface area (Å²) in [5, 5.41) is 5.04. The van der Waals surface area contributed by atoms with Crippen molar-refractivity contribution in [1.82, 2.24) is 10.6 Å². The molecule has 2 N–H and O–H groups in total. The molecule has 4 heteroatoms. The first-order valence-electron chi connectivity index (χ1n) is 6.07. The van der Waals surface area contributed by atoms with Crippen molar-refractivity contribution in [3.8, 4) is 0 Å². The molecule has 17 heavy (non-hydrogen) atoms. The fourth-order valence-corrected chi connectivity index (χ4v) is 2.17. The van der Waals surface area contributed by atoms with Crippen LogP contribution in [0.25, 0.3) is 0 Å². The Kier molecular flexibility index (Phi) is 3.96. The van der Waals surface area contributed by atoms with Gasteiger partial charge in [0, 0.05) is 11.6 Å². The van der Waals surface area contributed by atoms with E-state index < -0.39 is 6.03 Å². The van der Waals surface area contributed by atoms with Gasteiger partial charge in [0.2, 0.25) is 5.91 Å². The van der Waals surface area contributed by atoms with Crippen molar-refractivity contribution in [3.05, 3.63) is 30.3 Å². The molecule has 0 bridgehead atoms. The zero-order valence-corrected chi connectivity index (χ0v) is 9.74. The van der Waals surface area contributed by atoms with Crippen LogP contribution in [-0.2, 0) is 4.79 Å². The molecule has 2 rings (SSSR count). The van der Waals surface area contributed by atoms with Crippen LogP contribution in [0.1, 0.15) is 32.1 Å². The van der Waals surface area contributed by atoms with E-state index in [-0.39, 0.29) is 11.8 Å². The number of allylic oxidation sites excluding steroid dienone is 3. The topological polar surface area (TPSA) is 58.2 Å². The largest absolute Gasteiger partial charge is 0.325 e. The van der Waals surface area contributed by atoms with Crippen LogP contribution in [0.5, 0.6) is 0 Å². The molecular formula is C13H17N2O2. The van der Waals surface area contributed by atoms with Crippen LogP contribution in [0.3, 0.4) is 0 Å². The quantitative estimate of drug-likeness (QED) is 0.767. The molecule has 2 aliphatic carbocycles.